The minimum atomic E-state index is -0.259. The molecule has 0 radical (unpaired) electrons. The lowest BCUT2D eigenvalue weighted by Crippen LogP contribution is -2.59. The zero-order chi connectivity index (χ0) is 11.0. The van der Waals surface area contributed by atoms with E-state index in [1.165, 1.54) is 5.06 Å². The maximum absolute atomic E-state index is 9.98. The Hall–Kier alpha value is -0.160. The molecule has 4 heteroatoms. The molecule has 4 nitrogen and oxygen atoms in total. The normalized spacial score (nSPS) is 27.9. The fraction of sp³-hybridized carbons (Fsp3) is 1.00. The first-order chi connectivity index (χ1) is 6.29. The van der Waals surface area contributed by atoms with Gasteiger partial charge in [0.05, 0.1) is 6.61 Å². The molecule has 1 heterocycles. The minimum absolute atomic E-state index is 0.259. The van der Waals surface area contributed by atoms with Crippen LogP contribution in [-0.4, -0.2) is 33.2 Å². The zero-order valence-corrected chi connectivity index (χ0v) is 9.45. The van der Waals surface area contributed by atoms with Crippen LogP contribution in [0.3, 0.4) is 0 Å². The van der Waals surface area contributed by atoms with E-state index >= 15 is 0 Å². The van der Waals surface area contributed by atoms with Crippen LogP contribution in [-0.2, 0) is 4.89 Å². The van der Waals surface area contributed by atoms with E-state index in [0.717, 1.165) is 12.8 Å². The van der Waals surface area contributed by atoms with Gasteiger partial charge in [-0.25, -0.2) is 4.89 Å². The molecular weight excluding hydrogens is 182 g/mol. The first kappa shape index (κ1) is 11.9. The summed E-state index contributed by atoms with van der Waals surface area (Å²) in [5.41, 5.74) is -0.518. The van der Waals surface area contributed by atoms with Crippen LogP contribution >= 0.6 is 0 Å². The number of hydrogen-bond acceptors (Lipinski definition) is 4. The summed E-state index contributed by atoms with van der Waals surface area (Å²) in [7, 11) is 0. The van der Waals surface area contributed by atoms with E-state index in [1.807, 2.05) is 27.7 Å². The quantitative estimate of drug-likeness (QED) is 0.533. The largest absolute Gasteiger partial charge is 0.313 e. The molecule has 1 fully saturated rings. The molecule has 1 saturated heterocycles. The van der Waals surface area contributed by atoms with E-state index in [4.69, 9.17) is 5.26 Å². The smallest absolute Gasteiger partial charge is 0.0849 e. The summed E-state index contributed by atoms with van der Waals surface area (Å²) in [6.07, 6.45) is 1.65. The van der Waals surface area contributed by atoms with Crippen molar-refractivity contribution in [1.29, 1.82) is 0 Å². The molecule has 0 saturated carbocycles. The second-order valence-corrected chi connectivity index (χ2v) is 5.51. The first-order valence-electron chi connectivity index (χ1n) is 5.05. The molecule has 1 aliphatic heterocycles. The van der Waals surface area contributed by atoms with Crippen molar-refractivity contribution in [2.24, 2.45) is 5.92 Å². The fourth-order valence-electron chi connectivity index (χ4n) is 2.70. The summed E-state index contributed by atoms with van der Waals surface area (Å²) in [6.45, 7) is 8.34. The highest BCUT2D eigenvalue weighted by atomic mass is 17.1. The summed E-state index contributed by atoms with van der Waals surface area (Å²) in [5.74, 6) is 0.299. The molecule has 0 aromatic carbocycles. The van der Waals surface area contributed by atoms with Crippen molar-refractivity contribution in [2.75, 3.05) is 6.61 Å². The van der Waals surface area contributed by atoms with Crippen LogP contribution in [0.5, 0.6) is 0 Å². The minimum Gasteiger partial charge on any atom is -0.313 e. The Morgan fingerprint density at radius 2 is 1.64 bits per heavy atom. The van der Waals surface area contributed by atoms with Crippen LogP contribution < -0.4 is 0 Å². The van der Waals surface area contributed by atoms with Crippen LogP contribution in [0.2, 0.25) is 0 Å². The van der Waals surface area contributed by atoms with Gasteiger partial charge in [-0.05, 0) is 46.5 Å². The average molecular weight is 203 g/mol. The maximum atomic E-state index is 9.98. The Morgan fingerprint density at radius 3 is 2.00 bits per heavy atom. The summed E-state index contributed by atoms with van der Waals surface area (Å²) in [6, 6.07) is 0. The van der Waals surface area contributed by atoms with Crippen LogP contribution in [0, 0.1) is 5.92 Å². The average Bonchev–Trinajstić information content (AvgIpc) is 1.99. The van der Waals surface area contributed by atoms with Gasteiger partial charge in [-0.3, -0.25) is 5.26 Å². The molecule has 2 N–H and O–H groups in total. The lowest BCUT2D eigenvalue weighted by atomic mass is 9.76. The summed E-state index contributed by atoms with van der Waals surface area (Å²) in [5, 5.41) is 19.9. The highest BCUT2D eigenvalue weighted by Gasteiger charge is 2.44. The van der Waals surface area contributed by atoms with Crippen LogP contribution in [0.15, 0.2) is 0 Å². The molecule has 0 amide bonds. The molecule has 1 aliphatic rings. The van der Waals surface area contributed by atoms with Gasteiger partial charge in [0.2, 0.25) is 0 Å². The monoisotopic (exact) mass is 203 g/mol. The Balaban J connectivity index is 2.75. The van der Waals surface area contributed by atoms with Crippen LogP contribution in [0.1, 0.15) is 40.5 Å². The zero-order valence-electron chi connectivity index (χ0n) is 9.45. The molecule has 0 unspecified atom stereocenters. The third-order valence-corrected chi connectivity index (χ3v) is 3.03. The standard InChI is InChI=1S/C10H21NO3/c1-9(2)5-8(7-14-13)6-10(3,4)11(9)12/h8,12-13H,5-7H2,1-4H3. The van der Waals surface area contributed by atoms with Gasteiger partial charge in [0.1, 0.15) is 0 Å². The third-order valence-electron chi connectivity index (χ3n) is 3.03. The van der Waals surface area contributed by atoms with E-state index in [1.54, 1.807) is 0 Å². The molecule has 84 valence electrons. The number of rotatable bonds is 2. The molecule has 14 heavy (non-hydrogen) atoms. The maximum Gasteiger partial charge on any atom is 0.0849 e. The van der Waals surface area contributed by atoms with Gasteiger partial charge in [0.15, 0.2) is 0 Å². The molecule has 0 atom stereocenters. The van der Waals surface area contributed by atoms with Crippen molar-refractivity contribution in [3.05, 3.63) is 0 Å². The third kappa shape index (κ3) is 2.25. The van der Waals surface area contributed by atoms with E-state index in [-0.39, 0.29) is 11.1 Å². The van der Waals surface area contributed by atoms with Gasteiger partial charge in [-0.15, -0.1) is 0 Å². The molecule has 0 aromatic rings. The Bertz CT molecular complexity index is 186. The van der Waals surface area contributed by atoms with Crippen LogP contribution in [0.25, 0.3) is 0 Å². The molecule has 0 aromatic heterocycles. The number of piperidine rings is 1. The molecular formula is C10H21NO3. The van der Waals surface area contributed by atoms with E-state index in [0.29, 0.717) is 12.5 Å². The van der Waals surface area contributed by atoms with Gasteiger partial charge < -0.3 is 5.21 Å². The number of hydroxylamine groups is 2. The fourth-order valence-corrected chi connectivity index (χ4v) is 2.70. The van der Waals surface area contributed by atoms with E-state index < -0.39 is 0 Å². The predicted octanol–water partition coefficient (Wildman–Crippen LogP) is 2.13. The Kier molecular flexibility index (Phi) is 3.21. The lowest BCUT2D eigenvalue weighted by molar-refractivity contribution is -0.282. The summed E-state index contributed by atoms with van der Waals surface area (Å²) in [4.78, 5) is 4.20. The van der Waals surface area contributed by atoms with Gasteiger partial charge >= 0.3 is 0 Å². The van der Waals surface area contributed by atoms with Crippen molar-refractivity contribution in [2.45, 2.75) is 51.6 Å². The van der Waals surface area contributed by atoms with E-state index in [9.17, 15) is 5.21 Å². The number of nitrogens with zero attached hydrogens (tertiary/aromatic N) is 1. The van der Waals surface area contributed by atoms with Gasteiger partial charge in [-0.2, -0.15) is 5.06 Å². The molecule has 0 spiro atoms. The lowest BCUT2D eigenvalue weighted by Gasteiger charge is -2.51. The van der Waals surface area contributed by atoms with Crippen molar-refractivity contribution < 1.29 is 15.4 Å². The second-order valence-electron chi connectivity index (χ2n) is 5.51. The summed E-state index contributed by atoms with van der Waals surface area (Å²) < 4.78 is 0. The van der Waals surface area contributed by atoms with Gasteiger partial charge in [-0.1, -0.05) is 0 Å². The van der Waals surface area contributed by atoms with Crippen molar-refractivity contribution in [1.82, 2.24) is 5.06 Å². The first-order valence-corrected chi connectivity index (χ1v) is 5.05. The topological polar surface area (TPSA) is 52.9 Å². The molecule has 0 aliphatic carbocycles. The molecule has 1 rings (SSSR count). The molecule has 0 bridgehead atoms. The number of hydrogen-bond donors (Lipinski definition) is 2. The highest BCUT2D eigenvalue weighted by molar-refractivity contribution is 4.95. The SMILES string of the molecule is CC1(C)CC(COO)CC(C)(C)N1O. The van der Waals surface area contributed by atoms with Gasteiger partial charge in [0, 0.05) is 11.1 Å². The second kappa shape index (κ2) is 3.77. The van der Waals surface area contributed by atoms with Crippen molar-refractivity contribution in [3.8, 4) is 0 Å². The Labute approximate surface area is 85.4 Å². The Morgan fingerprint density at radius 1 is 1.21 bits per heavy atom. The van der Waals surface area contributed by atoms with E-state index in [2.05, 4.69) is 4.89 Å². The van der Waals surface area contributed by atoms with Crippen LogP contribution in [0.4, 0.5) is 0 Å². The van der Waals surface area contributed by atoms with Crippen molar-refractivity contribution in [3.63, 3.8) is 0 Å². The van der Waals surface area contributed by atoms with Crippen molar-refractivity contribution >= 4 is 0 Å². The predicted molar refractivity (Wildman–Crippen MR) is 53.1 cm³/mol. The highest BCUT2D eigenvalue weighted by Crippen LogP contribution is 2.39. The van der Waals surface area contributed by atoms with Gasteiger partial charge in [0.25, 0.3) is 0 Å². The summed E-state index contributed by atoms with van der Waals surface area (Å²) >= 11 is 0.